The van der Waals surface area contributed by atoms with Gasteiger partial charge in [-0.2, -0.15) is 0 Å². The quantitative estimate of drug-likeness (QED) is 0.578. The molecule has 1 aliphatic rings. The molecule has 1 N–H and O–H groups in total. The fraction of sp³-hybridized carbons (Fsp3) is 0.238. The summed E-state index contributed by atoms with van der Waals surface area (Å²) < 4.78 is 5.01. The predicted octanol–water partition coefficient (Wildman–Crippen LogP) is 3.21. The zero-order chi connectivity index (χ0) is 21.1. The van der Waals surface area contributed by atoms with Crippen molar-refractivity contribution in [3.63, 3.8) is 0 Å². The third kappa shape index (κ3) is 4.30. The highest BCUT2D eigenvalue weighted by atomic mass is 35.5. The van der Waals surface area contributed by atoms with Crippen LogP contribution in [0.2, 0.25) is 5.02 Å². The van der Waals surface area contributed by atoms with Crippen LogP contribution in [0.1, 0.15) is 51.3 Å². The molecule has 0 aliphatic carbocycles. The van der Waals surface area contributed by atoms with E-state index >= 15 is 0 Å². The number of halogens is 1. The van der Waals surface area contributed by atoms with Crippen molar-refractivity contribution in [2.75, 3.05) is 11.5 Å². The Morgan fingerprint density at radius 3 is 2.38 bits per heavy atom. The number of anilines is 1. The zero-order valence-electron chi connectivity index (χ0n) is 15.9. The minimum atomic E-state index is -0.753. The standard InChI is InChI=1S/C21H19ClN2O5/c1-3-12(2)23-18(25)11-29-21(28)13-4-9-16-17(10-13)20(27)24(19(16)26)15-7-5-14(22)6-8-15/h4-10,12H,3,11H2,1-2H3,(H,23,25)/t12-/m0/s1. The Hall–Kier alpha value is -3.19. The van der Waals surface area contributed by atoms with Crippen LogP contribution in [0.4, 0.5) is 5.69 Å². The predicted molar refractivity (Wildman–Crippen MR) is 107 cm³/mol. The summed E-state index contributed by atoms with van der Waals surface area (Å²) in [5, 5.41) is 3.17. The number of fused-ring (bicyclic) bond motifs is 1. The molecule has 0 saturated heterocycles. The van der Waals surface area contributed by atoms with Crippen LogP contribution in [0.25, 0.3) is 0 Å². The highest BCUT2D eigenvalue weighted by Crippen LogP contribution is 2.30. The maximum atomic E-state index is 12.7. The molecule has 0 bridgehead atoms. The lowest BCUT2D eigenvalue weighted by atomic mass is 10.1. The van der Waals surface area contributed by atoms with Crippen molar-refractivity contribution in [1.82, 2.24) is 5.32 Å². The number of imide groups is 1. The highest BCUT2D eigenvalue weighted by Gasteiger charge is 2.37. The summed E-state index contributed by atoms with van der Waals surface area (Å²) in [6.45, 7) is 3.34. The third-order valence-electron chi connectivity index (χ3n) is 4.56. The Morgan fingerprint density at radius 2 is 1.72 bits per heavy atom. The molecule has 2 aromatic rings. The maximum absolute atomic E-state index is 12.7. The van der Waals surface area contributed by atoms with Gasteiger partial charge in [0, 0.05) is 11.1 Å². The molecule has 0 spiro atoms. The number of rotatable bonds is 6. The Kier molecular flexibility index (Phi) is 5.98. The average Bonchev–Trinajstić information content (AvgIpc) is 2.96. The number of ether oxygens (including phenoxy) is 1. The van der Waals surface area contributed by atoms with Crippen molar-refractivity contribution in [3.05, 3.63) is 64.2 Å². The zero-order valence-corrected chi connectivity index (χ0v) is 16.7. The topological polar surface area (TPSA) is 92.8 Å². The lowest BCUT2D eigenvalue weighted by Crippen LogP contribution is -2.35. The fourth-order valence-corrected chi connectivity index (χ4v) is 2.95. The fourth-order valence-electron chi connectivity index (χ4n) is 2.83. The van der Waals surface area contributed by atoms with Gasteiger partial charge in [-0.25, -0.2) is 9.69 Å². The van der Waals surface area contributed by atoms with Gasteiger partial charge in [0.2, 0.25) is 0 Å². The van der Waals surface area contributed by atoms with E-state index in [1.165, 1.54) is 18.2 Å². The molecule has 1 heterocycles. The van der Waals surface area contributed by atoms with Crippen molar-refractivity contribution in [2.24, 2.45) is 0 Å². The van der Waals surface area contributed by atoms with Gasteiger partial charge in [0.05, 0.1) is 22.4 Å². The lowest BCUT2D eigenvalue weighted by Gasteiger charge is -2.13. The van der Waals surface area contributed by atoms with Crippen LogP contribution in [0, 0.1) is 0 Å². The van der Waals surface area contributed by atoms with E-state index in [1.807, 2.05) is 13.8 Å². The van der Waals surface area contributed by atoms with Gasteiger partial charge < -0.3 is 10.1 Å². The minimum absolute atomic E-state index is 0.0244. The van der Waals surface area contributed by atoms with E-state index in [0.29, 0.717) is 10.7 Å². The maximum Gasteiger partial charge on any atom is 0.338 e. The first-order valence-corrected chi connectivity index (χ1v) is 9.44. The van der Waals surface area contributed by atoms with Gasteiger partial charge in [0.25, 0.3) is 17.7 Å². The van der Waals surface area contributed by atoms with Crippen LogP contribution >= 0.6 is 11.6 Å². The minimum Gasteiger partial charge on any atom is -0.452 e. The number of amides is 3. The molecule has 7 nitrogen and oxygen atoms in total. The summed E-state index contributed by atoms with van der Waals surface area (Å²) in [6.07, 6.45) is 0.755. The van der Waals surface area contributed by atoms with Gasteiger partial charge in [-0.3, -0.25) is 14.4 Å². The van der Waals surface area contributed by atoms with E-state index in [2.05, 4.69) is 5.32 Å². The molecule has 1 aliphatic heterocycles. The molecule has 0 saturated carbocycles. The van der Waals surface area contributed by atoms with Gasteiger partial charge in [-0.15, -0.1) is 0 Å². The Morgan fingerprint density at radius 1 is 1.07 bits per heavy atom. The number of esters is 1. The summed E-state index contributed by atoms with van der Waals surface area (Å²) in [5.74, 6) is -2.19. The van der Waals surface area contributed by atoms with E-state index in [0.717, 1.165) is 11.3 Å². The van der Waals surface area contributed by atoms with E-state index in [-0.39, 0.29) is 22.7 Å². The monoisotopic (exact) mass is 414 g/mol. The molecule has 0 unspecified atom stereocenters. The van der Waals surface area contributed by atoms with E-state index < -0.39 is 30.3 Å². The van der Waals surface area contributed by atoms with Gasteiger partial charge in [-0.05, 0) is 55.8 Å². The molecule has 0 fully saturated rings. The van der Waals surface area contributed by atoms with Crippen LogP contribution in [-0.4, -0.2) is 36.3 Å². The Labute approximate surface area is 172 Å². The molecule has 0 radical (unpaired) electrons. The number of carbonyl (C=O) groups is 4. The number of hydrogen-bond acceptors (Lipinski definition) is 5. The molecule has 8 heteroatoms. The lowest BCUT2D eigenvalue weighted by molar-refractivity contribution is -0.124. The smallest absolute Gasteiger partial charge is 0.338 e. The molecule has 2 aromatic carbocycles. The second-order valence-electron chi connectivity index (χ2n) is 6.64. The van der Waals surface area contributed by atoms with Crippen LogP contribution in [0.15, 0.2) is 42.5 Å². The summed E-state index contributed by atoms with van der Waals surface area (Å²) >= 11 is 5.86. The van der Waals surface area contributed by atoms with Crippen molar-refractivity contribution >= 4 is 41.0 Å². The van der Waals surface area contributed by atoms with Crippen molar-refractivity contribution < 1.29 is 23.9 Å². The molecule has 0 aromatic heterocycles. The molecular weight excluding hydrogens is 396 g/mol. The average molecular weight is 415 g/mol. The summed E-state index contributed by atoms with van der Waals surface area (Å²) in [6, 6.07) is 10.4. The summed E-state index contributed by atoms with van der Waals surface area (Å²) in [4.78, 5) is 50.4. The van der Waals surface area contributed by atoms with Gasteiger partial charge in [0.15, 0.2) is 6.61 Å². The van der Waals surface area contributed by atoms with Gasteiger partial charge in [0.1, 0.15) is 0 Å². The first-order chi connectivity index (χ1) is 13.8. The second-order valence-corrected chi connectivity index (χ2v) is 7.07. The van der Waals surface area contributed by atoms with Crippen LogP contribution < -0.4 is 10.2 Å². The Bertz CT molecular complexity index is 987. The molecule has 3 amide bonds. The molecular formula is C21H19ClN2O5. The molecule has 29 heavy (non-hydrogen) atoms. The first-order valence-electron chi connectivity index (χ1n) is 9.06. The first kappa shape index (κ1) is 20.5. The van der Waals surface area contributed by atoms with Crippen molar-refractivity contribution in [3.8, 4) is 0 Å². The van der Waals surface area contributed by atoms with E-state index in [1.54, 1.807) is 24.3 Å². The van der Waals surface area contributed by atoms with Crippen LogP contribution in [0.3, 0.4) is 0 Å². The third-order valence-corrected chi connectivity index (χ3v) is 4.81. The van der Waals surface area contributed by atoms with Crippen LogP contribution in [0.5, 0.6) is 0 Å². The number of carbonyl (C=O) groups excluding carboxylic acids is 4. The van der Waals surface area contributed by atoms with E-state index in [9.17, 15) is 19.2 Å². The van der Waals surface area contributed by atoms with Gasteiger partial charge in [-0.1, -0.05) is 18.5 Å². The van der Waals surface area contributed by atoms with Crippen molar-refractivity contribution in [1.29, 1.82) is 0 Å². The normalized spacial score (nSPS) is 13.8. The van der Waals surface area contributed by atoms with Crippen molar-refractivity contribution in [2.45, 2.75) is 26.3 Å². The van der Waals surface area contributed by atoms with E-state index in [4.69, 9.17) is 16.3 Å². The number of nitrogens with one attached hydrogen (secondary N) is 1. The molecule has 3 rings (SSSR count). The summed E-state index contributed by atoms with van der Waals surface area (Å²) in [5.41, 5.74) is 0.755. The number of hydrogen-bond donors (Lipinski definition) is 1. The molecule has 150 valence electrons. The SMILES string of the molecule is CC[C@H](C)NC(=O)COC(=O)c1ccc2c(c1)C(=O)N(c1ccc(Cl)cc1)C2=O. The highest BCUT2D eigenvalue weighted by molar-refractivity contribution is 6.35. The number of benzene rings is 2. The molecule has 1 atom stereocenters. The van der Waals surface area contributed by atoms with Crippen LogP contribution in [-0.2, 0) is 9.53 Å². The van der Waals surface area contributed by atoms with Gasteiger partial charge >= 0.3 is 5.97 Å². The summed E-state index contributed by atoms with van der Waals surface area (Å²) in [7, 11) is 0. The number of nitrogens with zero attached hydrogens (tertiary/aromatic N) is 1. The Balaban J connectivity index is 1.75. The second kappa shape index (κ2) is 8.45. The largest absolute Gasteiger partial charge is 0.452 e.